The van der Waals surface area contributed by atoms with Crippen LogP contribution in [0, 0.1) is 17.3 Å². The minimum Gasteiger partial charge on any atom is -0.0990 e. The zero-order valence-corrected chi connectivity index (χ0v) is 6.98. The van der Waals surface area contributed by atoms with Crippen LogP contribution >= 0.6 is 0 Å². The Kier molecular flexibility index (Phi) is 1.07. The molecular weight excluding hydrogens is 120 g/mol. The van der Waals surface area contributed by atoms with E-state index in [1.807, 2.05) is 0 Å². The van der Waals surface area contributed by atoms with Crippen molar-refractivity contribution in [3.63, 3.8) is 0 Å². The molecule has 2 saturated carbocycles. The first-order chi connectivity index (χ1) is 4.62. The zero-order chi connectivity index (χ0) is 7.35. The molecule has 2 aliphatic rings. The zero-order valence-electron chi connectivity index (χ0n) is 6.98. The van der Waals surface area contributed by atoms with Gasteiger partial charge in [0.1, 0.15) is 0 Å². The van der Waals surface area contributed by atoms with Crippen molar-refractivity contribution in [3.8, 4) is 0 Å². The lowest BCUT2D eigenvalue weighted by molar-refractivity contribution is 0.289. The van der Waals surface area contributed by atoms with Gasteiger partial charge in [0.25, 0.3) is 0 Å². The molecule has 0 N–H and O–H groups in total. The molecule has 0 heteroatoms. The summed E-state index contributed by atoms with van der Waals surface area (Å²) in [5.74, 6) is 1.85. The summed E-state index contributed by atoms with van der Waals surface area (Å²) in [4.78, 5) is 0. The molecule has 0 amide bonds. The molecule has 0 aromatic heterocycles. The fraction of sp³-hybridized carbons (Fsp3) is 0.800. The topological polar surface area (TPSA) is 0 Å². The maximum absolute atomic E-state index is 4.19. The molecule has 10 heavy (non-hydrogen) atoms. The van der Waals surface area contributed by atoms with E-state index >= 15 is 0 Å². The van der Waals surface area contributed by atoms with Crippen LogP contribution in [0.2, 0.25) is 0 Å². The van der Waals surface area contributed by atoms with Gasteiger partial charge < -0.3 is 0 Å². The Labute approximate surface area is 63.3 Å². The highest BCUT2D eigenvalue weighted by molar-refractivity contribution is 5.22. The third-order valence-electron chi connectivity index (χ3n) is 3.77. The third kappa shape index (κ3) is 0.574. The largest absolute Gasteiger partial charge is 0.0990 e. The van der Waals surface area contributed by atoms with Crippen molar-refractivity contribution in [2.75, 3.05) is 0 Å². The minimum atomic E-state index is 0.475. The molecular formula is C10H16. The fourth-order valence-corrected chi connectivity index (χ4v) is 2.74. The molecule has 0 aromatic carbocycles. The van der Waals surface area contributed by atoms with E-state index in [4.69, 9.17) is 0 Å². The van der Waals surface area contributed by atoms with Gasteiger partial charge in [-0.05, 0) is 36.5 Å². The molecule has 0 heterocycles. The highest BCUT2D eigenvalue weighted by atomic mass is 14.5. The maximum atomic E-state index is 4.19. The number of rotatable bonds is 0. The van der Waals surface area contributed by atoms with E-state index in [1.165, 1.54) is 24.8 Å². The molecule has 0 aromatic rings. The lowest BCUT2D eigenvalue weighted by atomic mass is 9.73. The van der Waals surface area contributed by atoms with Gasteiger partial charge in [0.05, 0.1) is 0 Å². The van der Waals surface area contributed by atoms with Gasteiger partial charge in [-0.2, -0.15) is 0 Å². The van der Waals surface area contributed by atoms with Crippen LogP contribution in [-0.2, 0) is 0 Å². The van der Waals surface area contributed by atoms with Gasteiger partial charge in [-0.25, -0.2) is 0 Å². The average molecular weight is 136 g/mol. The van der Waals surface area contributed by atoms with Crippen molar-refractivity contribution in [2.45, 2.75) is 33.1 Å². The van der Waals surface area contributed by atoms with Crippen molar-refractivity contribution in [2.24, 2.45) is 17.3 Å². The Morgan fingerprint density at radius 1 is 1.40 bits per heavy atom. The third-order valence-corrected chi connectivity index (χ3v) is 3.77. The van der Waals surface area contributed by atoms with Crippen molar-refractivity contribution < 1.29 is 0 Å². The number of hydrogen-bond acceptors (Lipinski definition) is 0. The van der Waals surface area contributed by atoms with E-state index in [0.29, 0.717) is 5.41 Å². The molecule has 0 nitrogen and oxygen atoms in total. The molecule has 0 unspecified atom stereocenters. The summed E-state index contributed by atoms with van der Waals surface area (Å²) in [7, 11) is 0. The first-order valence-corrected chi connectivity index (χ1v) is 4.31. The van der Waals surface area contributed by atoms with E-state index in [1.54, 1.807) is 0 Å². The molecule has 2 atom stereocenters. The SMILES string of the molecule is C=C1[C@H]2CC[C@@H](C2)C1(C)C. The van der Waals surface area contributed by atoms with Gasteiger partial charge >= 0.3 is 0 Å². The normalized spacial score (nSPS) is 42.8. The Balaban J connectivity index is 2.34. The maximum Gasteiger partial charge on any atom is -0.0116 e. The molecule has 2 fully saturated rings. The van der Waals surface area contributed by atoms with E-state index in [2.05, 4.69) is 20.4 Å². The highest BCUT2D eigenvalue weighted by Crippen LogP contribution is 2.58. The van der Waals surface area contributed by atoms with Gasteiger partial charge in [-0.15, -0.1) is 0 Å². The highest BCUT2D eigenvalue weighted by Gasteiger charge is 2.47. The summed E-state index contributed by atoms with van der Waals surface area (Å²) < 4.78 is 0. The van der Waals surface area contributed by atoms with Crippen molar-refractivity contribution in [1.82, 2.24) is 0 Å². The van der Waals surface area contributed by atoms with Crippen LogP contribution in [0.1, 0.15) is 33.1 Å². The first-order valence-electron chi connectivity index (χ1n) is 4.31. The predicted octanol–water partition coefficient (Wildman–Crippen LogP) is 3.00. The fourth-order valence-electron chi connectivity index (χ4n) is 2.74. The molecule has 0 saturated heterocycles. The van der Waals surface area contributed by atoms with Gasteiger partial charge in [0.15, 0.2) is 0 Å². The van der Waals surface area contributed by atoms with Crippen LogP contribution in [0.4, 0.5) is 0 Å². The summed E-state index contributed by atoms with van der Waals surface area (Å²) in [6.45, 7) is 8.91. The standard InChI is InChI=1S/C10H16/c1-7-8-4-5-9(6-8)10(7,2)3/h8-9H,1,4-6H2,2-3H3/t8-,9-/m0/s1. The molecule has 56 valence electrons. The lowest BCUT2D eigenvalue weighted by Crippen LogP contribution is -2.21. The second-order valence-electron chi connectivity index (χ2n) is 4.45. The van der Waals surface area contributed by atoms with Crippen LogP contribution in [0.15, 0.2) is 12.2 Å². The van der Waals surface area contributed by atoms with E-state index in [-0.39, 0.29) is 0 Å². The molecule has 0 spiro atoms. The van der Waals surface area contributed by atoms with E-state index in [0.717, 1.165) is 11.8 Å². The Morgan fingerprint density at radius 3 is 2.40 bits per heavy atom. The number of hydrogen-bond donors (Lipinski definition) is 0. The van der Waals surface area contributed by atoms with Crippen molar-refractivity contribution >= 4 is 0 Å². The Hall–Kier alpha value is -0.260. The smallest absolute Gasteiger partial charge is 0.0116 e. The summed E-state index contributed by atoms with van der Waals surface area (Å²) in [5, 5.41) is 0. The average Bonchev–Trinajstić information content (AvgIpc) is 2.37. The predicted molar refractivity (Wildman–Crippen MR) is 43.8 cm³/mol. The molecule has 0 aliphatic heterocycles. The van der Waals surface area contributed by atoms with Gasteiger partial charge in [-0.1, -0.05) is 26.0 Å². The summed E-state index contributed by atoms with van der Waals surface area (Å²) in [6.07, 6.45) is 4.31. The monoisotopic (exact) mass is 136 g/mol. The van der Waals surface area contributed by atoms with Gasteiger partial charge in [0, 0.05) is 0 Å². The van der Waals surface area contributed by atoms with Gasteiger partial charge in [0.2, 0.25) is 0 Å². The lowest BCUT2D eigenvalue weighted by Gasteiger charge is -2.31. The van der Waals surface area contributed by atoms with Crippen LogP contribution in [0.25, 0.3) is 0 Å². The summed E-state index contributed by atoms with van der Waals surface area (Å²) in [5.41, 5.74) is 2.01. The quantitative estimate of drug-likeness (QED) is 0.449. The minimum absolute atomic E-state index is 0.475. The van der Waals surface area contributed by atoms with Crippen LogP contribution < -0.4 is 0 Å². The molecule has 2 aliphatic carbocycles. The van der Waals surface area contributed by atoms with Crippen molar-refractivity contribution in [1.29, 1.82) is 0 Å². The number of allylic oxidation sites excluding steroid dienone is 1. The van der Waals surface area contributed by atoms with Gasteiger partial charge in [-0.3, -0.25) is 0 Å². The Bertz CT molecular complexity index is 176. The number of fused-ring (bicyclic) bond motifs is 2. The molecule has 2 bridgehead atoms. The molecule has 0 radical (unpaired) electrons. The van der Waals surface area contributed by atoms with Crippen LogP contribution in [-0.4, -0.2) is 0 Å². The second-order valence-corrected chi connectivity index (χ2v) is 4.45. The molecule has 2 rings (SSSR count). The van der Waals surface area contributed by atoms with Crippen LogP contribution in [0.5, 0.6) is 0 Å². The first kappa shape index (κ1) is 6.45. The van der Waals surface area contributed by atoms with Crippen LogP contribution in [0.3, 0.4) is 0 Å². The van der Waals surface area contributed by atoms with E-state index in [9.17, 15) is 0 Å². The van der Waals surface area contributed by atoms with E-state index < -0.39 is 0 Å². The summed E-state index contributed by atoms with van der Waals surface area (Å²) in [6, 6.07) is 0. The van der Waals surface area contributed by atoms with Crippen molar-refractivity contribution in [3.05, 3.63) is 12.2 Å². The summed E-state index contributed by atoms with van der Waals surface area (Å²) >= 11 is 0. The second kappa shape index (κ2) is 1.66. The Morgan fingerprint density at radius 2 is 2.10 bits per heavy atom.